The SMILES string of the molecule is Nc1cc(Br)ccc1C(=O)NC1CCC1. The minimum absolute atomic E-state index is 0.0651. The molecule has 0 spiro atoms. The summed E-state index contributed by atoms with van der Waals surface area (Å²) >= 11 is 3.31. The molecule has 0 bridgehead atoms. The van der Waals surface area contributed by atoms with E-state index < -0.39 is 0 Å². The van der Waals surface area contributed by atoms with Gasteiger partial charge in [-0.25, -0.2) is 0 Å². The Balaban J connectivity index is 2.10. The first kappa shape index (κ1) is 10.5. The van der Waals surface area contributed by atoms with Crippen molar-refractivity contribution in [2.45, 2.75) is 25.3 Å². The molecule has 3 N–H and O–H groups in total. The van der Waals surface area contributed by atoms with Gasteiger partial charge in [-0.2, -0.15) is 0 Å². The molecule has 0 unspecified atom stereocenters. The maximum Gasteiger partial charge on any atom is 0.253 e. The molecule has 1 amide bonds. The predicted octanol–water partition coefficient (Wildman–Crippen LogP) is 2.31. The number of carbonyl (C=O) groups is 1. The van der Waals surface area contributed by atoms with E-state index in [1.54, 1.807) is 12.1 Å². The third kappa shape index (κ3) is 2.31. The summed E-state index contributed by atoms with van der Waals surface area (Å²) in [5, 5.41) is 2.96. The highest BCUT2D eigenvalue weighted by Crippen LogP contribution is 2.21. The second kappa shape index (κ2) is 4.23. The average molecular weight is 269 g/mol. The minimum atomic E-state index is -0.0651. The van der Waals surface area contributed by atoms with Gasteiger partial charge >= 0.3 is 0 Å². The molecule has 0 aromatic heterocycles. The maximum absolute atomic E-state index is 11.8. The number of anilines is 1. The number of hydrogen-bond donors (Lipinski definition) is 2. The van der Waals surface area contributed by atoms with Crippen LogP contribution in [-0.2, 0) is 0 Å². The van der Waals surface area contributed by atoms with Crippen molar-refractivity contribution in [1.29, 1.82) is 0 Å². The van der Waals surface area contributed by atoms with Gasteiger partial charge in [-0.05, 0) is 37.5 Å². The molecule has 1 saturated carbocycles. The Morgan fingerprint density at radius 2 is 2.20 bits per heavy atom. The van der Waals surface area contributed by atoms with Crippen molar-refractivity contribution >= 4 is 27.5 Å². The summed E-state index contributed by atoms with van der Waals surface area (Å²) in [5.74, 6) is -0.0651. The van der Waals surface area contributed by atoms with Crippen LogP contribution in [0.25, 0.3) is 0 Å². The van der Waals surface area contributed by atoms with E-state index in [1.165, 1.54) is 6.42 Å². The summed E-state index contributed by atoms with van der Waals surface area (Å²) in [7, 11) is 0. The summed E-state index contributed by atoms with van der Waals surface area (Å²) in [6, 6.07) is 5.66. The molecule has 1 aliphatic rings. The molecule has 4 heteroatoms. The molecular formula is C11H13BrN2O. The van der Waals surface area contributed by atoms with Crippen molar-refractivity contribution in [3.8, 4) is 0 Å². The van der Waals surface area contributed by atoms with Crippen molar-refractivity contribution in [2.24, 2.45) is 0 Å². The Labute approximate surface area is 97.2 Å². The standard InChI is InChI=1S/C11H13BrN2O/c12-7-4-5-9(10(13)6-7)11(15)14-8-2-1-3-8/h4-6,8H,1-3,13H2,(H,14,15). The van der Waals surface area contributed by atoms with Gasteiger partial charge in [0.15, 0.2) is 0 Å². The van der Waals surface area contributed by atoms with Gasteiger partial charge in [-0.3, -0.25) is 4.79 Å². The van der Waals surface area contributed by atoms with Crippen LogP contribution >= 0.6 is 15.9 Å². The number of rotatable bonds is 2. The molecule has 2 rings (SSSR count). The molecule has 15 heavy (non-hydrogen) atoms. The summed E-state index contributed by atoms with van der Waals surface area (Å²) in [6.45, 7) is 0. The third-order valence-corrected chi connectivity index (χ3v) is 3.19. The van der Waals surface area contributed by atoms with E-state index in [1.807, 2.05) is 6.07 Å². The van der Waals surface area contributed by atoms with Crippen LogP contribution in [0.4, 0.5) is 5.69 Å². The number of nitrogen functional groups attached to an aromatic ring is 1. The molecule has 0 heterocycles. The maximum atomic E-state index is 11.8. The molecule has 0 radical (unpaired) electrons. The van der Waals surface area contributed by atoms with Crippen molar-refractivity contribution in [3.63, 3.8) is 0 Å². The highest BCUT2D eigenvalue weighted by molar-refractivity contribution is 9.10. The van der Waals surface area contributed by atoms with E-state index in [0.717, 1.165) is 17.3 Å². The Kier molecular flexibility index (Phi) is 2.95. The molecule has 3 nitrogen and oxygen atoms in total. The van der Waals surface area contributed by atoms with Gasteiger partial charge in [0.05, 0.1) is 5.56 Å². The first-order chi connectivity index (χ1) is 7.16. The van der Waals surface area contributed by atoms with Crippen LogP contribution in [0, 0.1) is 0 Å². The van der Waals surface area contributed by atoms with E-state index in [2.05, 4.69) is 21.2 Å². The normalized spacial score (nSPS) is 15.8. The molecule has 0 atom stereocenters. The zero-order chi connectivity index (χ0) is 10.8. The van der Waals surface area contributed by atoms with E-state index >= 15 is 0 Å². The fraction of sp³-hybridized carbons (Fsp3) is 0.364. The third-order valence-electron chi connectivity index (χ3n) is 2.70. The fourth-order valence-electron chi connectivity index (χ4n) is 1.56. The van der Waals surface area contributed by atoms with Crippen molar-refractivity contribution in [2.75, 3.05) is 5.73 Å². The van der Waals surface area contributed by atoms with Gasteiger partial charge < -0.3 is 11.1 Å². The Morgan fingerprint density at radius 3 is 2.73 bits per heavy atom. The number of nitrogens with one attached hydrogen (secondary N) is 1. The molecule has 1 fully saturated rings. The van der Waals surface area contributed by atoms with Gasteiger partial charge in [0.2, 0.25) is 0 Å². The molecule has 1 aromatic carbocycles. The number of amides is 1. The lowest BCUT2D eigenvalue weighted by Gasteiger charge is -2.26. The van der Waals surface area contributed by atoms with Crippen LogP contribution in [0.15, 0.2) is 22.7 Å². The molecular weight excluding hydrogens is 256 g/mol. The molecule has 1 aliphatic carbocycles. The lowest BCUT2D eigenvalue weighted by Crippen LogP contribution is -2.39. The molecule has 80 valence electrons. The smallest absolute Gasteiger partial charge is 0.253 e. The van der Waals surface area contributed by atoms with E-state index in [-0.39, 0.29) is 5.91 Å². The summed E-state index contributed by atoms with van der Waals surface area (Å²) in [5.41, 5.74) is 6.84. The Morgan fingerprint density at radius 1 is 1.47 bits per heavy atom. The van der Waals surface area contributed by atoms with Gasteiger partial charge in [0.1, 0.15) is 0 Å². The Bertz CT molecular complexity index is 388. The highest BCUT2D eigenvalue weighted by Gasteiger charge is 2.20. The second-order valence-corrected chi connectivity index (χ2v) is 4.75. The van der Waals surface area contributed by atoms with Crippen molar-refractivity contribution < 1.29 is 4.79 Å². The van der Waals surface area contributed by atoms with Crippen LogP contribution in [-0.4, -0.2) is 11.9 Å². The second-order valence-electron chi connectivity index (χ2n) is 3.83. The van der Waals surface area contributed by atoms with Gasteiger partial charge in [0.25, 0.3) is 5.91 Å². The first-order valence-electron chi connectivity index (χ1n) is 5.02. The zero-order valence-electron chi connectivity index (χ0n) is 8.29. The lowest BCUT2D eigenvalue weighted by molar-refractivity contribution is 0.0918. The fourth-order valence-corrected chi connectivity index (χ4v) is 1.93. The average Bonchev–Trinajstić information content (AvgIpc) is 2.11. The van der Waals surface area contributed by atoms with Crippen LogP contribution in [0.5, 0.6) is 0 Å². The minimum Gasteiger partial charge on any atom is -0.398 e. The molecule has 0 aliphatic heterocycles. The van der Waals surface area contributed by atoms with E-state index in [0.29, 0.717) is 17.3 Å². The van der Waals surface area contributed by atoms with Crippen LogP contribution < -0.4 is 11.1 Å². The van der Waals surface area contributed by atoms with Gasteiger partial charge in [-0.1, -0.05) is 15.9 Å². The van der Waals surface area contributed by atoms with E-state index in [4.69, 9.17) is 5.73 Å². The number of halogens is 1. The lowest BCUT2D eigenvalue weighted by atomic mass is 9.93. The molecule has 0 saturated heterocycles. The van der Waals surface area contributed by atoms with Gasteiger partial charge in [-0.15, -0.1) is 0 Å². The number of carbonyl (C=O) groups excluding carboxylic acids is 1. The zero-order valence-corrected chi connectivity index (χ0v) is 9.88. The largest absolute Gasteiger partial charge is 0.398 e. The van der Waals surface area contributed by atoms with Gasteiger partial charge in [0, 0.05) is 16.2 Å². The summed E-state index contributed by atoms with van der Waals surface area (Å²) < 4.78 is 0.889. The summed E-state index contributed by atoms with van der Waals surface area (Å²) in [4.78, 5) is 11.8. The molecule has 1 aromatic rings. The van der Waals surface area contributed by atoms with Crippen molar-refractivity contribution in [3.05, 3.63) is 28.2 Å². The summed E-state index contributed by atoms with van der Waals surface area (Å²) in [6.07, 6.45) is 3.38. The van der Waals surface area contributed by atoms with Crippen LogP contribution in [0.3, 0.4) is 0 Å². The number of hydrogen-bond acceptors (Lipinski definition) is 2. The predicted molar refractivity (Wildman–Crippen MR) is 63.7 cm³/mol. The van der Waals surface area contributed by atoms with E-state index in [9.17, 15) is 4.79 Å². The quantitative estimate of drug-likeness (QED) is 0.809. The number of benzene rings is 1. The van der Waals surface area contributed by atoms with Crippen molar-refractivity contribution in [1.82, 2.24) is 5.32 Å². The Hall–Kier alpha value is -1.03. The first-order valence-corrected chi connectivity index (χ1v) is 5.82. The highest BCUT2D eigenvalue weighted by atomic mass is 79.9. The topological polar surface area (TPSA) is 55.1 Å². The number of nitrogens with two attached hydrogens (primary N) is 1. The van der Waals surface area contributed by atoms with Crippen LogP contribution in [0.2, 0.25) is 0 Å². The van der Waals surface area contributed by atoms with Crippen LogP contribution in [0.1, 0.15) is 29.6 Å². The monoisotopic (exact) mass is 268 g/mol.